The quantitative estimate of drug-likeness (QED) is 0.658. The summed E-state index contributed by atoms with van der Waals surface area (Å²) in [5, 5.41) is 0. The zero-order valence-electron chi connectivity index (χ0n) is 7.13. The highest BCUT2D eigenvalue weighted by Crippen LogP contribution is 2.12. The minimum Gasteiger partial charge on any atom is -0.459 e. The molecular weight excluding hydrogens is 138 g/mol. The van der Waals surface area contributed by atoms with E-state index in [2.05, 4.69) is 25.0 Å². The zero-order chi connectivity index (χ0) is 8.10. The maximum absolute atomic E-state index is 4.88. The van der Waals surface area contributed by atoms with Crippen LogP contribution in [0, 0.1) is 6.26 Å². The molecule has 2 nitrogen and oxygen atoms in total. The fraction of sp³-hybridized carbons (Fsp3) is 0.556. The molecule has 1 radical (unpaired) electrons. The Morgan fingerprint density at radius 1 is 1.55 bits per heavy atom. The molecule has 1 aromatic heterocycles. The molecule has 0 fully saturated rings. The van der Waals surface area contributed by atoms with Crippen LogP contribution < -0.4 is 4.90 Å². The van der Waals surface area contributed by atoms with Gasteiger partial charge in [0.2, 0.25) is 0 Å². The molecule has 0 N–H and O–H groups in total. The van der Waals surface area contributed by atoms with Crippen molar-refractivity contribution in [1.82, 2.24) is 0 Å². The first-order chi connectivity index (χ1) is 5.38. The molecule has 0 aromatic carbocycles. The summed E-state index contributed by atoms with van der Waals surface area (Å²) >= 11 is 0. The van der Waals surface area contributed by atoms with E-state index in [1.165, 1.54) is 0 Å². The Bertz CT molecular complexity index is 181. The highest BCUT2D eigenvalue weighted by atomic mass is 16.3. The Hall–Kier alpha value is -0.920. The van der Waals surface area contributed by atoms with Crippen LogP contribution in [0.15, 0.2) is 16.7 Å². The average molecular weight is 152 g/mol. The van der Waals surface area contributed by atoms with Gasteiger partial charge in [-0.05, 0) is 13.3 Å². The Morgan fingerprint density at radius 3 is 2.82 bits per heavy atom. The second kappa shape index (κ2) is 4.06. The minimum absolute atomic E-state index is 1.02. The molecule has 2 heteroatoms. The smallest absolute Gasteiger partial charge is 0.194 e. The van der Waals surface area contributed by atoms with Crippen molar-refractivity contribution in [2.45, 2.75) is 20.3 Å². The highest BCUT2D eigenvalue weighted by Gasteiger charge is 2.03. The summed E-state index contributed by atoms with van der Waals surface area (Å²) in [6.45, 7) is 6.40. The lowest BCUT2D eigenvalue weighted by Crippen LogP contribution is -2.22. The molecule has 0 amide bonds. The first-order valence-electron chi connectivity index (χ1n) is 4.08. The van der Waals surface area contributed by atoms with Gasteiger partial charge >= 0.3 is 0 Å². The molecule has 0 aliphatic carbocycles. The molecule has 0 atom stereocenters. The van der Waals surface area contributed by atoms with E-state index >= 15 is 0 Å². The van der Waals surface area contributed by atoms with Crippen molar-refractivity contribution in [1.29, 1.82) is 0 Å². The van der Waals surface area contributed by atoms with Crippen LogP contribution in [0.4, 0.5) is 5.69 Å². The molecule has 1 rings (SSSR count). The third kappa shape index (κ3) is 2.00. The standard InChI is InChI=1S/C9H14NO/c1-3-6-10(4-2)9-5-7-11-8-9/h5,7H,3-4,6H2,1-2H3. The third-order valence-electron chi connectivity index (χ3n) is 1.67. The molecule has 61 valence electrons. The summed E-state index contributed by atoms with van der Waals surface area (Å²) in [5.74, 6) is 0. The van der Waals surface area contributed by atoms with Gasteiger partial charge in [0.1, 0.15) is 0 Å². The summed E-state index contributed by atoms with van der Waals surface area (Å²) in [7, 11) is 0. The highest BCUT2D eigenvalue weighted by molar-refractivity contribution is 5.41. The van der Waals surface area contributed by atoms with Crippen LogP contribution in [-0.4, -0.2) is 13.1 Å². The van der Waals surface area contributed by atoms with Crippen molar-refractivity contribution >= 4 is 5.69 Å². The van der Waals surface area contributed by atoms with Crippen LogP contribution >= 0.6 is 0 Å². The lowest BCUT2D eigenvalue weighted by atomic mass is 10.3. The maximum atomic E-state index is 4.88. The molecule has 0 aliphatic rings. The summed E-state index contributed by atoms with van der Waals surface area (Å²) in [5.41, 5.74) is 1.06. The number of hydrogen-bond donors (Lipinski definition) is 0. The third-order valence-corrected chi connectivity index (χ3v) is 1.67. The predicted octanol–water partition coefficient (Wildman–Crippen LogP) is 2.32. The Kier molecular flexibility index (Phi) is 3.02. The van der Waals surface area contributed by atoms with Crippen LogP contribution in [0.25, 0.3) is 0 Å². The second-order valence-corrected chi connectivity index (χ2v) is 2.49. The molecule has 0 saturated heterocycles. The van der Waals surface area contributed by atoms with Crippen LogP contribution in [0.5, 0.6) is 0 Å². The van der Waals surface area contributed by atoms with Crippen molar-refractivity contribution in [2.24, 2.45) is 0 Å². The molecule has 1 aromatic rings. The van der Waals surface area contributed by atoms with Crippen molar-refractivity contribution in [3.05, 3.63) is 18.6 Å². The summed E-state index contributed by atoms with van der Waals surface area (Å²) in [4.78, 5) is 2.24. The lowest BCUT2D eigenvalue weighted by Gasteiger charge is -2.18. The van der Waals surface area contributed by atoms with Crippen molar-refractivity contribution < 1.29 is 4.42 Å². The van der Waals surface area contributed by atoms with Gasteiger partial charge in [-0.1, -0.05) is 6.92 Å². The average Bonchev–Trinajstić information content (AvgIpc) is 2.52. The molecule has 0 aliphatic heterocycles. The van der Waals surface area contributed by atoms with Gasteiger partial charge in [-0.3, -0.25) is 0 Å². The number of nitrogens with zero attached hydrogens (tertiary/aromatic N) is 1. The van der Waals surface area contributed by atoms with E-state index in [1.54, 1.807) is 6.26 Å². The van der Waals surface area contributed by atoms with Crippen molar-refractivity contribution in [2.75, 3.05) is 18.0 Å². The van der Waals surface area contributed by atoms with Gasteiger partial charge in [0.25, 0.3) is 0 Å². The summed E-state index contributed by atoms with van der Waals surface area (Å²) in [6.07, 6.45) is 5.64. The maximum Gasteiger partial charge on any atom is 0.194 e. The van der Waals surface area contributed by atoms with Gasteiger partial charge < -0.3 is 9.32 Å². The lowest BCUT2D eigenvalue weighted by molar-refractivity contribution is 0.557. The number of furan rings is 1. The Balaban J connectivity index is 2.56. The van der Waals surface area contributed by atoms with Crippen LogP contribution in [0.1, 0.15) is 20.3 Å². The van der Waals surface area contributed by atoms with Crippen LogP contribution in [-0.2, 0) is 0 Å². The second-order valence-electron chi connectivity index (χ2n) is 2.49. The first-order valence-corrected chi connectivity index (χ1v) is 4.08. The van der Waals surface area contributed by atoms with E-state index in [4.69, 9.17) is 4.42 Å². The first kappa shape index (κ1) is 8.18. The molecular formula is C9H14NO. The SMILES string of the molecule is CCCN(CC)c1[c]occ1. The van der Waals surface area contributed by atoms with Gasteiger partial charge in [-0.25, -0.2) is 0 Å². The van der Waals surface area contributed by atoms with Gasteiger partial charge in [0.15, 0.2) is 6.26 Å². The number of anilines is 1. The van der Waals surface area contributed by atoms with E-state index in [0.29, 0.717) is 0 Å². The van der Waals surface area contributed by atoms with Crippen molar-refractivity contribution in [3.63, 3.8) is 0 Å². The van der Waals surface area contributed by atoms with Gasteiger partial charge in [-0.15, -0.1) is 0 Å². The predicted molar refractivity (Wildman–Crippen MR) is 45.7 cm³/mol. The molecule has 0 bridgehead atoms. The van der Waals surface area contributed by atoms with E-state index in [1.807, 2.05) is 6.07 Å². The van der Waals surface area contributed by atoms with E-state index in [-0.39, 0.29) is 0 Å². The zero-order valence-corrected chi connectivity index (χ0v) is 7.13. The summed E-state index contributed by atoms with van der Waals surface area (Å²) < 4.78 is 4.88. The largest absolute Gasteiger partial charge is 0.459 e. The normalized spacial score (nSPS) is 10.0. The van der Waals surface area contributed by atoms with Gasteiger partial charge in [0.05, 0.1) is 12.0 Å². The van der Waals surface area contributed by atoms with Crippen LogP contribution in [0.3, 0.4) is 0 Å². The van der Waals surface area contributed by atoms with Gasteiger partial charge in [-0.2, -0.15) is 0 Å². The van der Waals surface area contributed by atoms with E-state index < -0.39 is 0 Å². The Labute approximate surface area is 67.8 Å². The fourth-order valence-electron chi connectivity index (χ4n) is 1.12. The fourth-order valence-corrected chi connectivity index (χ4v) is 1.12. The van der Waals surface area contributed by atoms with E-state index in [0.717, 1.165) is 25.2 Å². The monoisotopic (exact) mass is 152 g/mol. The number of hydrogen-bond acceptors (Lipinski definition) is 2. The number of rotatable bonds is 4. The molecule has 0 saturated carbocycles. The van der Waals surface area contributed by atoms with E-state index in [9.17, 15) is 0 Å². The summed E-state index contributed by atoms with van der Waals surface area (Å²) in [6, 6.07) is 1.94. The molecule has 1 heterocycles. The van der Waals surface area contributed by atoms with Crippen LogP contribution in [0.2, 0.25) is 0 Å². The topological polar surface area (TPSA) is 16.4 Å². The molecule has 11 heavy (non-hydrogen) atoms. The van der Waals surface area contributed by atoms with Crippen molar-refractivity contribution in [3.8, 4) is 0 Å². The molecule has 0 unspecified atom stereocenters. The molecule has 0 spiro atoms. The van der Waals surface area contributed by atoms with Gasteiger partial charge in [0, 0.05) is 19.2 Å². The Morgan fingerprint density at radius 2 is 2.36 bits per heavy atom. The minimum atomic E-state index is 1.02.